The number of carboxylic acids is 2. The summed E-state index contributed by atoms with van der Waals surface area (Å²) in [4.78, 5) is 21.5. The zero-order valence-electron chi connectivity index (χ0n) is 40.9. The molecule has 0 fully saturated rings. The van der Waals surface area contributed by atoms with Crippen LogP contribution in [0.25, 0.3) is 0 Å². The van der Waals surface area contributed by atoms with Crippen LogP contribution in [-0.4, -0.2) is 145 Å². The Labute approximate surface area is 443 Å². The van der Waals surface area contributed by atoms with Gasteiger partial charge in [0, 0.05) is 38.5 Å². The third-order valence-electron chi connectivity index (χ3n) is 8.90. The minimum atomic E-state index is -6.66. The summed E-state index contributed by atoms with van der Waals surface area (Å²) in [6.45, 7) is 10.5. The zero-order chi connectivity index (χ0) is 59.5. The van der Waals surface area contributed by atoms with Crippen LogP contribution >= 0.6 is 11.6 Å². The van der Waals surface area contributed by atoms with Gasteiger partial charge < -0.3 is 29.8 Å². The Balaban J connectivity index is -0.000000258. The number of aliphatic hydroxyl groups is 1. The first-order valence-corrected chi connectivity index (χ1v) is 24.6. The second-order valence-corrected chi connectivity index (χ2v) is 20.5. The zero-order valence-corrected chi connectivity index (χ0v) is 45.3. The van der Waals surface area contributed by atoms with E-state index < -0.39 is 154 Å². The first kappa shape index (κ1) is 83.6. The topological polar surface area (TPSA) is 196 Å². The van der Waals surface area contributed by atoms with E-state index >= 15 is 0 Å². The largest absolute Gasteiger partial charge is 1.00 e. The summed E-state index contributed by atoms with van der Waals surface area (Å²) >= 11 is 4.67. The van der Waals surface area contributed by atoms with Gasteiger partial charge in [-0.3, -0.25) is 0 Å². The van der Waals surface area contributed by atoms with Crippen molar-refractivity contribution in [1.82, 2.24) is 14.3 Å². The third-order valence-corrected chi connectivity index (χ3v) is 12.1. The molecule has 3 N–H and O–H groups in total. The van der Waals surface area contributed by atoms with Gasteiger partial charge in [0.05, 0.1) is 35.2 Å². The van der Waals surface area contributed by atoms with Gasteiger partial charge in [-0.2, -0.15) is 79.0 Å². The Kier molecular flexibility index (Phi) is 40.4. The van der Waals surface area contributed by atoms with Crippen LogP contribution in [0.15, 0.2) is 12.7 Å². The van der Waals surface area contributed by atoms with Gasteiger partial charge in [0.15, 0.2) is 0 Å². The fourth-order valence-electron chi connectivity index (χ4n) is 5.31. The summed E-state index contributed by atoms with van der Waals surface area (Å²) in [6, 6.07) is 0. The van der Waals surface area contributed by atoms with E-state index in [-0.39, 0.29) is 68.5 Å². The van der Waals surface area contributed by atoms with Crippen molar-refractivity contribution in [1.29, 1.82) is 0 Å². The van der Waals surface area contributed by atoms with Crippen molar-refractivity contribution < 1.29 is 159 Å². The number of nitrogens with one attached hydrogen (secondary N) is 2. The average Bonchev–Trinajstić information content (AvgIpc) is 3.15. The van der Waals surface area contributed by atoms with E-state index in [1.165, 1.54) is 0 Å². The van der Waals surface area contributed by atoms with Gasteiger partial charge in [0.25, 0.3) is 11.3 Å². The van der Waals surface area contributed by atoms with E-state index in [2.05, 4.69) is 22.9 Å². The molecule has 0 saturated carbocycles. The molecule has 0 amide bonds. The van der Waals surface area contributed by atoms with Gasteiger partial charge in [-0.05, 0) is 91.3 Å². The average molecular weight is 1210 g/mol. The predicted molar refractivity (Wildman–Crippen MR) is 222 cm³/mol. The number of rotatable bonds is 25. The van der Waals surface area contributed by atoms with Crippen LogP contribution < -0.4 is 49.2 Å². The number of carbonyl (C=O) groups is 2. The molecule has 0 rings (SSSR count). The number of carboxylic acid groups (broad SMARTS) is 2. The number of carbonyl (C=O) groups excluding carboxylic acids is 2. The number of halogens is 21. The summed E-state index contributed by atoms with van der Waals surface area (Å²) in [6.07, 6.45) is -46.3. The second-order valence-electron chi connectivity index (χ2n) is 16.4. The molecule has 0 aromatic rings. The first-order chi connectivity index (χ1) is 32.3. The molecule has 0 spiro atoms. The van der Waals surface area contributed by atoms with E-state index in [4.69, 9.17) is 15.0 Å². The van der Waals surface area contributed by atoms with E-state index in [1.807, 2.05) is 11.6 Å². The number of hydrogen-bond donors (Lipinski definition) is 3. The van der Waals surface area contributed by atoms with Gasteiger partial charge in [0.1, 0.15) is 0 Å². The van der Waals surface area contributed by atoms with Crippen LogP contribution in [0.3, 0.4) is 0 Å². The number of hydrogen-bond acceptors (Lipinski definition) is 10. The molecule has 0 aliphatic rings. The Morgan fingerprint density at radius 2 is 0.905 bits per heavy atom. The number of nitrogens with zero attached hydrogens (tertiary/aromatic N) is 1. The Morgan fingerprint density at radius 1 is 0.635 bits per heavy atom. The van der Waals surface area contributed by atoms with Gasteiger partial charge >= 0.3 is 66.6 Å². The second kappa shape index (κ2) is 35.7. The molecule has 12 nitrogen and oxygen atoms in total. The molecule has 0 radical (unpaired) electrons. The van der Waals surface area contributed by atoms with Crippen molar-refractivity contribution >= 4 is 43.6 Å². The standard InChI is InChI=1S/C17H25F10NO4S.C14H22F10N2O2S.C3H6.C2H3ClO2.C2H6O.Na/c1-13(2,10-12(29)30)6-4-7-28-33(31,32)8-3-5-11(15(19,20)21)9-14(18,16(22,23)24)17(25,26)27;1-26(2)7-4-6-25-29(27,28)8-3-5-10(12(16,17)18)9-11(15,13(19,20)21)14(22,23)24;1-3-2;3-1-2(4)5;1-2-3;/h11,28H,3-10H2,1-2H3,(H,29,30);10,25H,3-9H2,1-2H3;3H,1H2,2H3;1H2,(H,4,5);3H,2H2,1H3;/q;;;;;+1/p-2. The maximum absolute atomic E-state index is 13.7. The molecule has 0 aliphatic heterocycles. The molecular weight excluding hydrogens is 1140 g/mol. The summed E-state index contributed by atoms with van der Waals surface area (Å²) in [5.74, 6) is -11.7. The number of aliphatic hydroxyl groups excluding tert-OH is 1. The number of aliphatic carboxylic acids is 2. The monoisotopic (exact) mass is 1200 g/mol. The van der Waals surface area contributed by atoms with E-state index in [0.717, 1.165) is 0 Å². The minimum absolute atomic E-state index is 0. The third kappa shape index (κ3) is 38.0. The number of sulfonamides is 2. The van der Waals surface area contributed by atoms with Crippen molar-refractivity contribution in [2.24, 2.45) is 17.3 Å². The quantitative estimate of drug-likeness (QED) is 0.0358. The molecule has 0 heterocycles. The van der Waals surface area contributed by atoms with Crippen LogP contribution in [0.5, 0.6) is 0 Å². The van der Waals surface area contributed by atoms with Crippen LogP contribution in [0.2, 0.25) is 0 Å². The Bertz CT molecular complexity index is 1760. The van der Waals surface area contributed by atoms with Gasteiger partial charge in [-0.25, -0.2) is 35.1 Å². The first-order valence-electron chi connectivity index (χ1n) is 20.8. The van der Waals surface area contributed by atoms with Crippen LogP contribution in [0.4, 0.5) is 87.8 Å². The number of alkyl halides is 21. The van der Waals surface area contributed by atoms with E-state index in [9.17, 15) is 115 Å². The van der Waals surface area contributed by atoms with Crippen molar-refractivity contribution in [3.8, 4) is 0 Å². The molecule has 2 atom stereocenters. The molecule has 442 valence electrons. The number of allylic oxidation sites excluding steroid dienone is 1. The van der Waals surface area contributed by atoms with Crippen LogP contribution in [-0.2, 0) is 29.6 Å². The van der Waals surface area contributed by atoms with Crippen molar-refractivity contribution in [3.05, 3.63) is 12.7 Å². The van der Waals surface area contributed by atoms with Crippen molar-refractivity contribution in [2.45, 2.75) is 140 Å². The SMILES string of the molecule is C=CC.CC(C)(CCCNS(=O)(=O)CCCC(CC(F)(C(F)(F)F)C(F)(F)F)C(F)(F)F)CC(=O)[O-].CCO.CN(C)CCCNS(=O)(=O)CCCC(CC(F)(C(F)(F)F)C(F)(F)F)C(F)(F)F.O=C([O-])CCl.[Na+]. The smallest absolute Gasteiger partial charge is 0.550 e. The molecule has 36 heteroatoms. The van der Waals surface area contributed by atoms with Gasteiger partial charge in [0.2, 0.25) is 20.0 Å². The summed E-state index contributed by atoms with van der Waals surface area (Å²) in [7, 11) is -4.93. The normalized spacial score (nSPS) is 14.0. The van der Waals surface area contributed by atoms with Crippen molar-refractivity contribution in [3.63, 3.8) is 0 Å². The Morgan fingerprint density at radius 3 is 1.12 bits per heavy atom. The summed E-state index contributed by atoms with van der Waals surface area (Å²) in [5, 5.41) is 27.3. The minimum Gasteiger partial charge on any atom is -0.550 e. The summed E-state index contributed by atoms with van der Waals surface area (Å²) in [5.41, 5.74) is -12.9. The van der Waals surface area contributed by atoms with Gasteiger partial charge in [-0.1, -0.05) is 19.9 Å². The maximum atomic E-state index is 13.7. The fraction of sp³-hybridized carbons (Fsp3) is 0.895. The molecule has 0 aromatic carbocycles. The molecular formula is C38H60ClF20N3NaO9S2-. The predicted octanol–water partition coefficient (Wildman–Crippen LogP) is 5.24. The fourth-order valence-corrected chi connectivity index (χ4v) is 7.60. The van der Waals surface area contributed by atoms with E-state index in [0.29, 0.717) is 13.0 Å². The molecule has 0 aromatic heterocycles. The van der Waals surface area contributed by atoms with Crippen molar-refractivity contribution in [2.75, 3.05) is 57.7 Å². The molecule has 0 aliphatic carbocycles. The molecule has 0 saturated heterocycles. The van der Waals surface area contributed by atoms with Crippen LogP contribution in [0, 0.1) is 17.3 Å². The molecule has 0 bridgehead atoms. The Hall–Kier alpha value is -1.69. The molecule has 2 unspecified atom stereocenters. The summed E-state index contributed by atoms with van der Waals surface area (Å²) < 4.78 is 307. The van der Waals surface area contributed by atoms with Gasteiger partial charge in [-0.15, -0.1) is 18.2 Å². The van der Waals surface area contributed by atoms with E-state index in [1.54, 1.807) is 45.8 Å². The van der Waals surface area contributed by atoms with Crippen LogP contribution in [0.1, 0.15) is 91.9 Å². The maximum Gasteiger partial charge on any atom is 1.00 e. The molecule has 74 heavy (non-hydrogen) atoms.